The number of fused-ring (bicyclic) bond motifs is 1. The van der Waals surface area contributed by atoms with Gasteiger partial charge in [0.05, 0.1) is 5.75 Å². The Morgan fingerprint density at radius 3 is 3.00 bits per heavy atom. The van der Waals surface area contributed by atoms with Crippen LogP contribution in [0.5, 0.6) is 0 Å². The second kappa shape index (κ2) is 4.21. The molecule has 0 aliphatic carbocycles. The molecule has 0 aliphatic heterocycles. The number of rotatable bonds is 3. The lowest BCUT2D eigenvalue weighted by Gasteiger charge is -1.96. The van der Waals surface area contributed by atoms with Gasteiger partial charge in [0.1, 0.15) is 11.8 Å². The third-order valence-corrected chi connectivity index (χ3v) is 3.35. The van der Waals surface area contributed by atoms with E-state index in [2.05, 4.69) is 15.2 Å². The maximum atomic E-state index is 5.62. The van der Waals surface area contributed by atoms with Crippen LogP contribution in [0.25, 0.3) is 11.1 Å². The fourth-order valence-electron chi connectivity index (χ4n) is 1.51. The molecule has 0 N–H and O–H groups in total. The maximum absolute atomic E-state index is 5.62. The lowest BCUT2D eigenvalue weighted by molar-refractivity contribution is 0.555. The van der Waals surface area contributed by atoms with Gasteiger partial charge in [0.25, 0.3) is 0 Å². The van der Waals surface area contributed by atoms with Crippen LogP contribution in [0.2, 0.25) is 0 Å². The first-order chi connectivity index (χ1) is 8.33. The molecule has 0 bridgehead atoms. The van der Waals surface area contributed by atoms with E-state index in [-0.39, 0.29) is 0 Å². The van der Waals surface area contributed by atoms with E-state index in [9.17, 15) is 0 Å². The number of para-hydroxylation sites is 2. The Morgan fingerprint density at radius 1 is 1.35 bits per heavy atom. The molecule has 1 aromatic carbocycles. The molecule has 3 aromatic rings. The Bertz CT molecular complexity index is 613. The molecule has 0 unspecified atom stereocenters. The quantitative estimate of drug-likeness (QED) is 0.663. The lowest BCUT2D eigenvalue weighted by Crippen LogP contribution is -1.89. The SMILES string of the molecule is Cn1cnnc1SCc1nc2ccccc2o1. The van der Waals surface area contributed by atoms with Crippen molar-refractivity contribution in [3.63, 3.8) is 0 Å². The van der Waals surface area contributed by atoms with E-state index in [4.69, 9.17) is 4.42 Å². The van der Waals surface area contributed by atoms with Gasteiger partial charge in [-0.1, -0.05) is 23.9 Å². The second-order valence-corrected chi connectivity index (χ2v) is 4.53. The van der Waals surface area contributed by atoms with E-state index in [1.807, 2.05) is 35.9 Å². The topological polar surface area (TPSA) is 56.7 Å². The zero-order valence-corrected chi connectivity index (χ0v) is 10.0. The van der Waals surface area contributed by atoms with Crippen molar-refractivity contribution in [3.8, 4) is 0 Å². The summed E-state index contributed by atoms with van der Waals surface area (Å²) in [5.74, 6) is 1.36. The predicted molar refractivity (Wildman–Crippen MR) is 64.6 cm³/mol. The summed E-state index contributed by atoms with van der Waals surface area (Å²) in [7, 11) is 1.91. The normalized spacial score (nSPS) is 11.1. The first kappa shape index (κ1) is 10.3. The van der Waals surface area contributed by atoms with Crippen molar-refractivity contribution in [1.82, 2.24) is 19.7 Å². The van der Waals surface area contributed by atoms with Crippen molar-refractivity contribution in [2.75, 3.05) is 0 Å². The van der Waals surface area contributed by atoms with Crippen LogP contribution in [-0.2, 0) is 12.8 Å². The molecule has 0 spiro atoms. The molecule has 0 aliphatic rings. The summed E-state index contributed by atoms with van der Waals surface area (Å²) < 4.78 is 7.49. The fraction of sp³-hybridized carbons (Fsp3) is 0.182. The molecule has 17 heavy (non-hydrogen) atoms. The van der Waals surface area contributed by atoms with Crippen LogP contribution >= 0.6 is 11.8 Å². The Balaban J connectivity index is 1.79. The average molecular weight is 246 g/mol. The molecular weight excluding hydrogens is 236 g/mol. The molecule has 0 amide bonds. The zero-order chi connectivity index (χ0) is 11.7. The van der Waals surface area contributed by atoms with E-state index in [0.717, 1.165) is 16.3 Å². The average Bonchev–Trinajstić information content (AvgIpc) is 2.92. The molecule has 0 radical (unpaired) electrons. The molecule has 0 saturated carbocycles. The smallest absolute Gasteiger partial charge is 0.205 e. The number of thioether (sulfide) groups is 1. The first-order valence-corrected chi connectivity index (χ1v) is 6.13. The van der Waals surface area contributed by atoms with Crippen LogP contribution in [0.15, 0.2) is 40.2 Å². The van der Waals surface area contributed by atoms with Gasteiger partial charge in [-0.2, -0.15) is 0 Å². The van der Waals surface area contributed by atoms with Crippen molar-refractivity contribution in [1.29, 1.82) is 0 Å². The van der Waals surface area contributed by atoms with Gasteiger partial charge in [0, 0.05) is 7.05 Å². The van der Waals surface area contributed by atoms with E-state index < -0.39 is 0 Å². The predicted octanol–water partition coefficient (Wildman–Crippen LogP) is 2.25. The van der Waals surface area contributed by atoms with E-state index >= 15 is 0 Å². The summed E-state index contributed by atoms with van der Waals surface area (Å²) in [6, 6.07) is 7.74. The number of oxazole rings is 1. The van der Waals surface area contributed by atoms with Crippen LogP contribution in [0.4, 0.5) is 0 Å². The highest BCUT2D eigenvalue weighted by Crippen LogP contribution is 2.22. The highest BCUT2D eigenvalue weighted by molar-refractivity contribution is 7.98. The van der Waals surface area contributed by atoms with Gasteiger partial charge in [-0.05, 0) is 12.1 Å². The molecule has 5 nitrogen and oxygen atoms in total. The maximum Gasteiger partial charge on any atom is 0.205 e. The molecule has 0 fully saturated rings. The third-order valence-electron chi connectivity index (χ3n) is 2.33. The minimum absolute atomic E-state index is 0.654. The Morgan fingerprint density at radius 2 is 2.24 bits per heavy atom. The standard InChI is InChI=1S/C11H10N4OS/c1-15-7-12-14-11(15)17-6-10-13-8-4-2-3-5-9(8)16-10/h2-5,7H,6H2,1H3. The van der Waals surface area contributed by atoms with Gasteiger partial charge in [0.2, 0.25) is 5.89 Å². The number of benzene rings is 1. The summed E-state index contributed by atoms with van der Waals surface area (Å²) in [6.45, 7) is 0. The molecule has 2 heterocycles. The Kier molecular flexibility index (Phi) is 2.56. The van der Waals surface area contributed by atoms with Crippen LogP contribution in [0, 0.1) is 0 Å². The Hall–Kier alpha value is -1.82. The minimum atomic E-state index is 0.654. The highest BCUT2D eigenvalue weighted by atomic mass is 32.2. The van der Waals surface area contributed by atoms with Crippen molar-refractivity contribution in [2.45, 2.75) is 10.9 Å². The molecule has 3 rings (SSSR count). The monoisotopic (exact) mass is 246 g/mol. The summed E-state index contributed by atoms with van der Waals surface area (Å²) >= 11 is 1.56. The second-order valence-electron chi connectivity index (χ2n) is 3.59. The Labute approximate surface area is 102 Å². The van der Waals surface area contributed by atoms with Gasteiger partial charge < -0.3 is 8.98 Å². The minimum Gasteiger partial charge on any atom is -0.440 e. The third kappa shape index (κ3) is 2.03. The highest BCUT2D eigenvalue weighted by Gasteiger charge is 2.07. The van der Waals surface area contributed by atoms with Crippen molar-refractivity contribution >= 4 is 22.9 Å². The lowest BCUT2D eigenvalue weighted by atomic mass is 10.3. The van der Waals surface area contributed by atoms with E-state index in [1.54, 1.807) is 18.1 Å². The number of aromatic nitrogens is 4. The van der Waals surface area contributed by atoms with Crippen LogP contribution in [-0.4, -0.2) is 19.7 Å². The first-order valence-electron chi connectivity index (χ1n) is 5.14. The van der Waals surface area contributed by atoms with Gasteiger partial charge >= 0.3 is 0 Å². The largest absolute Gasteiger partial charge is 0.440 e. The number of nitrogens with zero attached hydrogens (tertiary/aromatic N) is 4. The van der Waals surface area contributed by atoms with Crippen LogP contribution < -0.4 is 0 Å². The number of hydrogen-bond donors (Lipinski definition) is 0. The van der Waals surface area contributed by atoms with Gasteiger partial charge in [-0.25, -0.2) is 4.98 Å². The summed E-state index contributed by atoms with van der Waals surface area (Å²) in [4.78, 5) is 4.40. The number of hydrogen-bond acceptors (Lipinski definition) is 5. The van der Waals surface area contributed by atoms with Gasteiger partial charge in [-0.15, -0.1) is 10.2 Å². The zero-order valence-electron chi connectivity index (χ0n) is 9.20. The molecule has 2 aromatic heterocycles. The molecule has 0 atom stereocenters. The fourth-order valence-corrected chi connectivity index (χ4v) is 2.24. The van der Waals surface area contributed by atoms with Crippen molar-refractivity contribution < 1.29 is 4.42 Å². The van der Waals surface area contributed by atoms with E-state index in [1.165, 1.54) is 0 Å². The summed E-state index contributed by atoms with van der Waals surface area (Å²) in [5, 5.41) is 8.66. The molecule has 6 heteroatoms. The van der Waals surface area contributed by atoms with Gasteiger partial charge in [-0.3, -0.25) is 0 Å². The van der Waals surface area contributed by atoms with Crippen molar-refractivity contribution in [2.24, 2.45) is 7.05 Å². The molecule has 86 valence electrons. The van der Waals surface area contributed by atoms with Gasteiger partial charge in [0.15, 0.2) is 10.7 Å². The van der Waals surface area contributed by atoms with Crippen LogP contribution in [0.3, 0.4) is 0 Å². The molecule has 0 saturated heterocycles. The van der Waals surface area contributed by atoms with E-state index in [0.29, 0.717) is 11.6 Å². The van der Waals surface area contributed by atoms with Crippen LogP contribution in [0.1, 0.15) is 5.89 Å². The summed E-state index contributed by atoms with van der Waals surface area (Å²) in [6.07, 6.45) is 1.67. The molecular formula is C11H10N4OS. The van der Waals surface area contributed by atoms with Crippen molar-refractivity contribution in [3.05, 3.63) is 36.5 Å². The number of aryl methyl sites for hydroxylation is 1. The summed E-state index contributed by atoms with van der Waals surface area (Å²) in [5.41, 5.74) is 1.71.